The predicted octanol–water partition coefficient (Wildman–Crippen LogP) is 1.47. The van der Waals surface area contributed by atoms with Crippen LogP contribution in [0.4, 0.5) is 0 Å². The molecule has 1 aliphatic heterocycles. The van der Waals surface area contributed by atoms with Gasteiger partial charge in [-0.05, 0) is 18.9 Å². The summed E-state index contributed by atoms with van der Waals surface area (Å²) < 4.78 is 0. The Morgan fingerprint density at radius 3 is 2.69 bits per heavy atom. The van der Waals surface area contributed by atoms with Gasteiger partial charge in [0.2, 0.25) is 0 Å². The standard InChI is InChI=1S/C13H28N2O/c1-4-5-6-7-15-9-13(11(2)3)14-8-12(15)10-16/h11-14,16H,4-10H2,1-3H3. The van der Waals surface area contributed by atoms with E-state index in [1.165, 1.54) is 19.3 Å². The Bertz CT molecular complexity index is 185. The maximum absolute atomic E-state index is 9.36. The van der Waals surface area contributed by atoms with E-state index in [1.54, 1.807) is 0 Å². The van der Waals surface area contributed by atoms with Crippen molar-refractivity contribution >= 4 is 0 Å². The van der Waals surface area contributed by atoms with E-state index in [0.717, 1.165) is 19.6 Å². The van der Waals surface area contributed by atoms with E-state index in [4.69, 9.17) is 0 Å². The van der Waals surface area contributed by atoms with Crippen molar-refractivity contribution in [2.75, 3.05) is 26.2 Å². The molecule has 1 saturated heterocycles. The van der Waals surface area contributed by atoms with Gasteiger partial charge in [-0.25, -0.2) is 0 Å². The molecule has 1 rings (SSSR count). The average molecular weight is 228 g/mol. The lowest BCUT2D eigenvalue weighted by atomic mass is 9.99. The first-order valence-electron chi connectivity index (χ1n) is 6.77. The molecular formula is C13H28N2O. The molecule has 2 atom stereocenters. The number of piperazine rings is 1. The third-order valence-electron chi connectivity index (χ3n) is 3.63. The van der Waals surface area contributed by atoms with Crippen LogP contribution >= 0.6 is 0 Å². The fourth-order valence-corrected chi connectivity index (χ4v) is 2.35. The largest absolute Gasteiger partial charge is 0.395 e. The van der Waals surface area contributed by atoms with Crippen molar-refractivity contribution in [3.63, 3.8) is 0 Å². The molecule has 0 amide bonds. The van der Waals surface area contributed by atoms with E-state index in [0.29, 0.717) is 18.0 Å². The van der Waals surface area contributed by atoms with Gasteiger partial charge in [0.25, 0.3) is 0 Å². The number of nitrogens with zero attached hydrogens (tertiary/aromatic N) is 1. The first-order chi connectivity index (χ1) is 7.69. The third-order valence-corrected chi connectivity index (χ3v) is 3.63. The highest BCUT2D eigenvalue weighted by atomic mass is 16.3. The minimum atomic E-state index is 0.282. The Kier molecular flexibility index (Phi) is 6.32. The highest BCUT2D eigenvalue weighted by Crippen LogP contribution is 2.13. The van der Waals surface area contributed by atoms with E-state index < -0.39 is 0 Å². The van der Waals surface area contributed by atoms with E-state index in [1.807, 2.05) is 0 Å². The Hall–Kier alpha value is -0.120. The average Bonchev–Trinajstić information content (AvgIpc) is 2.29. The van der Waals surface area contributed by atoms with Crippen molar-refractivity contribution in [3.8, 4) is 0 Å². The summed E-state index contributed by atoms with van der Waals surface area (Å²) in [5.74, 6) is 0.674. The molecule has 0 saturated carbocycles. The van der Waals surface area contributed by atoms with Crippen LogP contribution in [0, 0.1) is 5.92 Å². The normalized spacial score (nSPS) is 27.6. The van der Waals surface area contributed by atoms with Crippen molar-refractivity contribution in [1.29, 1.82) is 0 Å². The van der Waals surface area contributed by atoms with Crippen molar-refractivity contribution in [1.82, 2.24) is 10.2 Å². The highest BCUT2D eigenvalue weighted by molar-refractivity contribution is 4.87. The molecule has 3 nitrogen and oxygen atoms in total. The van der Waals surface area contributed by atoms with E-state index >= 15 is 0 Å². The quantitative estimate of drug-likeness (QED) is 0.676. The van der Waals surface area contributed by atoms with Crippen molar-refractivity contribution in [3.05, 3.63) is 0 Å². The van der Waals surface area contributed by atoms with Gasteiger partial charge in [-0.1, -0.05) is 33.6 Å². The van der Waals surface area contributed by atoms with Gasteiger partial charge >= 0.3 is 0 Å². The summed E-state index contributed by atoms with van der Waals surface area (Å²) in [5, 5.41) is 12.9. The summed E-state index contributed by atoms with van der Waals surface area (Å²) in [5.41, 5.74) is 0. The molecule has 0 spiro atoms. The maximum Gasteiger partial charge on any atom is 0.0599 e. The number of rotatable bonds is 6. The molecule has 3 heteroatoms. The van der Waals surface area contributed by atoms with Gasteiger partial charge in [-0.3, -0.25) is 4.90 Å². The number of hydrogen-bond donors (Lipinski definition) is 2. The number of aliphatic hydroxyl groups excluding tert-OH is 1. The first-order valence-corrected chi connectivity index (χ1v) is 6.77. The summed E-state index contributed by atoms with van der Waals surface area (Å²) in [6, 6.07) is 0.913. The fraction of sp³-hybridized carbons (Fsp3) is 1.00. The van der Waals surface area contributed by atoms with Crippen LogP contribution in [0.5, 0.6) is 0 Å². The van der Waals surface area contributed by atoms with E-state index in [9.17, 15) is 5.11 Å². The fourth-order valence-electron chi connectivity index (χ4n) is 2.35. The molecule has 0 bridgehead atoms. The van der Waals surface area contributed by atoms with Crippen LogP contribution in [0.2, 0.25) is 0 Å². The van der Waals surface area contributed by atoms with Crippen molar-refractivity contribution in [2.24, 2.45) is 5.92 Å². The minimum Gasteiger partial charge on any atom is -0.395 e. The van der Waals surface area contributed by atoms with Crippen LogP contribution in [0.1, 0.15) is 40.0 Å². The minimum absolute atomic E-state index is 0.282. The predicted molar refractivity (Wildman–Crippen MR) is 68.6 cm³/mol. The molecule has 0 aromatic rings. The molecule has 0 aromatic heterocycles. The zero-order chi connectivity index (χ0) is 12.0. The summed E-state index contributed by atoms with van der Waals surface area (Å²) in [6.07, 6.45) is 3.83. The number of hydrogen-bond acceptors (Lipinski definition) is 3. The topological polar surface area (TPSA) is 35.5 Å². The monoisotopic (exact) mass is 228 g/mol. The summed E-state index contributed by atoms with van der Waals surface area (Å²) in [6.45, 7) is 10.2. The second-order valence-corrected chi connectivity index (χ2v) is 5.30. The second-order valence-electron chi connectivity index (χ2n) is 5.30. The van der Waals surface area contributed by atoms with Gasteiger partial charge in [0.1, 0.15) is 0 Å². The van der Waals surface area contributed by atoms with Gasteiger partial charge in [-0.2, -0.15) is 0 Å². The molecule has 1 aliphatic rings. The summed E-state index contributed by atoms with van der Waals surface area (Å²) in [4.78, 5) is 2.47. The molecule has 2 N–H and O–H groups in total. The lowest BCUT2D eigenvalue weighted by Crippen LogP contribution is -2.59. The van der Waals surface area contributed by atoms with Gasteiger partial charge < -0.3 is 10.4 Å². The molecule has 2 unspecified atom stereocenters. The van der Waals surface area contributed by atoms with Crippen molar-refractivity contribution < 1.29 is 5.11 Å². The summed E-state index contributed by atoms with van der Waals surface area (Å²) in [7, 11) is 0. The molecule has 96 valence electrons. The zero-order valence-corrected chi connectivity index (χ0v) is 11.1. The van der Waals surface area contributed by atoms with Crippen LogP contribution in [0.15, 0.2) is 0 Å². The first kappa shape index (κ1) is 13.9. The highest BCUT2D eigenvalue weighted by Gasteiger charge is 2.28. The number of aliphatic hydroxyl groups is 1. The molecule has 0 aromatic carbocycles. The van der Waals surface area contributed by atoms with Crippen LogP contribution in [-0.4, -0.2) is 48.3 Å². The van der Waals surface area contributed by atoms with Gasteiger partial charge in [0.15, 0.2) is 0 Å². The van der Waals surface area contributed by atoms with Crippen LogP contribution in [0.3, 0.4) is 0 Å². The number of nitrogens with one attached hydrogen (secondary N) is 1. The Morgan fingerprint density at radius 2 is 2.12 bits per heavy atom. The maximum atomic E-state index is 9.36. The van der Waals surface area contributed by atoms with Crippen LogP contribution in [0.25, 0.3) is 0 Å². The summed E-state index contributed by atoms with van der Waals surface area (Å²) >= 11 is 0. The molecule has 1 fully saturated rings. The molecule has 0 aliphatic carbocycles. The zero-order valence-electron chi connectivity index (χ0n) is 11.1. The molecule has 16 heavy (non-hydrogen) atoms. The Labute approximate surface area is 100 Å². The lowest BCUT2D eigenvalue weighted by Gasteiger charge is -2.41. The SMILES string of the molecule is CCCCCN1CC(C(C)C)NCC1CO. The lowest BCUT2D eigenvalue weighted by molar-refractivity contribution is 0.0690. The third kappa shape index (κ3) is 4.04. The van der Waals surface area contributed by atoms with Crippen molar-refractivity contribution in [2.45, 2.75) is 52.1 Å². The smallest absolute Gasteiger partial charge is 0.0599 e. The molecular weight excluding hydrogens is 200 g/mol. The second kappa shape index (κ2) is 7.25. The van der Waals surface area contributed by atoms with Gasteiger partial charge in [0, 0.05) is 25.2 Å². The Balaban J connectivity index is 2.40. The Morgan fingerprint density at radius 1 is 1.38 bits per heavy atom. The van der Waals surface area contributed by atoms with Crippen LogP contribution in [-0.2, 0) is 0 Å². The molecule has 1 heterocycles. The van der Waals surface area contributed by atoms with Crippen LogP contribution < -0.4 is 5.32 Å². The number of unbranched alkanes of at least 4 members (excludes halogenated alkanes) is 2. The van der Waals surface area contributed by atoms with Gasteiger partial charge in [-0.15, -0.1) is 0 Å². The van der Waals surface area contributed by atoms with E-state index in [-0.39, 0.29) is 6.61 Å². The van der Waals surface area contributed by atoms with Gasteiger partial charge in [0.05, 0.1) is 6.61 Å². The molecule has 0 radical (unpaired) electrons. The van der Waals surface area contributed by atoms with E-state index in [2.05, 4.69) is 31.0 Å².